The normalized spacial score (nSPS) is 16.8. The molecular weight excluding hydrogens is 330 g/mol. The van der Waals surface area contributed by atoms with Crippen LogP contribution in [0.2, 0.25) is 0 Å². The lowest BCUT2D eigenvalue weighted by Gasteiger charge is -2.38. The van der Waals surface area contributed by atoms with E-state index in [9.17, 15) is 14.7 Å². The van der Waals surface area contributed by atoms with Crippen molar-refractivity contribution in [3.8, 4) is 5.75 Å². The molecule has 1 aliphatic rings. The van der Waals surface area contributed by atoms with E-state index in [0.29, 0.717) is 31.7 Å². The van der Waals surface area contributed by atoms with Crippen LogP contribution in [0.25, 0.3) is 0 Å². The molecule has 1 saturated heterocycles. The number of hydrogen-bond donors (Lipinski definition) is 2. The van der Waals surface area contributed by atoms with Crippen LogP contribution in [-0.2, 0) is 10.3 Å². The second kappa shape index (κ2) is 7.17. The minimum absolute atomic E-state index is 0.101. The highest BCUT2D eigenvalue weighted by atomic mass is 16.3. The van der Waals surface area contributed by atoms with Crippen LogP contribution >= 0.6 is 0 Å². The maximum atomic E-state index is 12.9. The van der Waals surface area contributed by atoms with Crippen molar-refractivity contribution < 1.29 is 14.7 Å². The van der Waals surface area contributed by atoms with Crippen LogP contribution in [0, 0.1) is 0 Å². The molecule has 26 heavy (non-hydrogen) atoms. The van der Waals surface area contributed by atoms with E-state index < -0.39 is 5.54 Å². The fourth-order valence-corrected chi connectivity index (χ4v) is 3.14. The molecule has 1 heterocycles. The average Bonchev–Trinajstić information content (AvgIpc) is 2.68. The Labute approximate surface area is 152 Å². The molecule has 3 rings (SSSR count). The number of amides is 2. The van der Waals surface area contributed by atoms with Crippen LogP contribution in [0.15, 0.2) is 54.6 Å². The zero-order valence-corrected chi connectivity index (χ0v) is 14.8. The Morgan fingerprint density at radius 1 is 0.923 bits per heavy atom. The third-order valence-electron chi connectivity index (χ3n) is 4.79. The summed E-state index contributed by atoms with van der Waals surface area (Å²) in [4.78, 5) is 28.8. The summed E-state index contributed by atoms with van der Waals surface area (Å²) in [5, 5.41) is 9.33. The Bertz CT molecular complexity index is 780. The van der Waals surface area contributed by atoms with E-state index in [1.54, 1.807) is 28.9 Å². The molecule has 2 amide bonds. The van der Waals surface area contributed by atoms with E-state index in [1.165, 1.54) is 12.1 Å². The lowest BCUT2D eigenvalue weighted by molar-refractivity contribution is -0.138. The number of hydrogen-bond acceptors (Lipinski definition) is 4. The summed E-state index contributed by atoms with van der Waals surface area (Å²) in [5.41, 5.74) is 6.52. The molecule has 0 spiro atoms. The van der Waals surface area contributed by atoms with Crippen LogP contribution < -0.4 is 5.73 Å². The van der Waals surface area contributed by atoms with E-state index in [-0.39, 0.29) is 17.6 Å². The van der Waals surface area contributed by atoms with Crippen molar-refractivity contribution in [2.45, 2.75) is 12.5 Å². The number of nitrogens with two attached hydrogens (primary N) is 1. The summed E-state index contributed by atoms with van der Waals surface area (Å²) >= 11 is 0. The van der Waals surface area contributed by atoms with Gasteiger partial charge in [0.2, 0.25) is 5.91 Å². The molecule has 1 aliphatic heterocycles. The minimum atomic E-state index is -1.09. The van der Waals surface area contributed by atoms with Gasteiger partial charge < -0.3 is 20.6 Å². The van der Waals surface area contributed by atoms with E-state index in [0.717, 1.165) is 5.56 Å². The molecule has 0 aromatic heterocycles. The largest absolute Gasteiger partial charge is 0.508 e. The van der Waals surface area contributed by atoms with Gasteiger partial charge in [-0.3, -0.25) is 9.59 Å². The molecular formula is C20H23N3O3. The van der Waals surface area contributed by atoms with Crippen molar-refractivity contribution >= 4 is 11.8 Å². The average molecular weight is 353 g/mol. The number of rotatable bonds is 3. The van der Waals surface area contributed by atoms with Gasteiger partial charge in [-0.25, -0.2) is 0 Å². The maximum absolute atomic E-state index is 12.9. The topological polar surface area (TPSA) is 86.9 Å². The molecule has 3 N–H and O–H groups in total. The monoisotopic (exact) mass is 353 g/mol. The molecule has 2 aromatic rings. The van der Waals surface area contributed by atoms with Crippen molar-refractivity contribution in [1.29, 1.82) is 0 Å². The standard InChI is InChI=1S/C20H23N3O3/c1-20(21,16-5-3-2-4-6-16)19(26)23-13-11-22(12-14-23)18(25)15-7-9-17(24)10-8-15/h2-10,24H,11-14,21H2,1H3. The molecule has 6 nitrogen and oxygen atoms in total. The van der Waals surface area contributed by atoms with Gasteiger partial charge in [0.1, 0.15) is 11.3 Å². The Morgan fingerprint density at radius 3 is 2.04 bits per heavy atom. The fourth-order valence-electron chi connectivity index (χ4n) is 3.14. The van der Waals surface area contributed by atoms with E-state index in [4.69, 9.17) is 5.73 Å². The minimum Gasteiger partial charge on any atom is -0.508 e. The molecule has 0 bridgehead atoms. The lowest BCUT2D eigenvalue weighted by Crippen LogP contribution is -2.57. The molecule has 2 aromatic carbocycles. The number of carbonyl (C=O) groups excluding carboxylic acids is 2. The first kappa shape index (κ1) is 17.9. The molecule has 0 saturated carbocycles. The van der Waals surface area contributed by atoms with Crippen molar-refractivity contribution in [3.05, 3.63) is 65.7 Å². The SMILES string of the molecule is CC(N)(C(=O)N1CCN(C(=O)c2ccc(O)cc2)CC1)c1ccccc1. The van der Waals surface area contributed by atoms with Crippen molar-refractivity contribution in [1.82, 2.24) is 9.80 Å². The third-order valence-corrected chi connectivity index (χ3v) is 4.79. The highest BCUT2D eigenvalue weighted by Gasteiger charge is 2.36. The number of phenolic OH excluding ortho intramolecular Hbond substituents is 1. The van der Waals surface area contributed by atoms with Gasteiger partial charge >= 0.3 is 0 Å². The van der Waals surface area contributed by atoms with Crippen LogP contribution in [0.4, 0.5) is 0 Å². The molecule has 1 fully saturated rings. The zero-order valence-electron chi connectivity index (χ0n) is 14.8. The lowest BCUT2D eigenvalue weighted by atomic mass is 9.91. The number of nitrogens with zero attached hydrogens (tertiary/aromatic N) is 2. The molecule has 1 atom stereocenters. The smallest absolute Gasteiger partial charge is 0.253 e. The van der Waals surface area contributed by atoms with Crippen LogP contribution in [0.3, 0.4) is 0 Å². The van der Waals surface area contributed by atoms with E-state index in [2.05, 4.69) is 0 Å². The highest BCUT2D eigenvalue weighted by Crippen LogP contribution is 2.21. The number of carbonyl (C=O) groups is 2. The number of aromatic hydroxyl groups is 1. The van der Waals surface area contributed by atoms with Crippen molar-refractivity contribution in [2.75, 3.05) is 26.2 Å². The van der Waals surface area contributed by atoms with Crippen LogP contribution in [0.1, 0.15) is 22.8 Å². The molecule has 0 aliphatic carbocycles. The Balaban J connectivity index is 1.64. The van der Waals surface area contributed by atoms with Gasteiger partial charge in [-0.05, 0) is 36.8 Å². The van der Waals surface area contributed by atoms with Gasteiger partial charge in [0.05, 0.1) is 0 Å². The van der Waals surface area contributed by atoms with Gasteiger partial charge in [-0.15, -0.1) is 0 Å². The zero-order chi connectivity index (χ0) is 18.7. The predicted octanol–water partition coefficient (Wildman–Crippen LogP) is 1.55. The van der Waals surface area contributed by atoms with Crippen LogP contribution in [0.5, 0.6) is 5.75 Å². The van der Waals surface area contributed by atoms with Gasteiger partial charge in [-0.1, -0.05) is 30.3 Å². The summed E-state index contributed by atoms with van der Waals surface area (Å²) in [6.45, 7) is 3.52. The number of piperazine rings is 1. The van der Waals surface area contributed by atoms with Gasteiger partial charge in [0.25, 0.3) is 5.91 Å². The molecule has 136 valence electrons. The molecule has 1 unspecified atom stereocenters. The van der Waals surface area contributed by atoms with Gasteiger partial charge in [0, 0.05) is 31.7 Å². The second-order valence-electron chi connectivity index (χ2n) is 6.70. The van der Waals surface area contributed by atoms with Crippen LogP contribution in [-0.4, -0.2) is 52.9 Å². The summed E-state index contributed by atoms with van der Waals surface area (Å²) < 4.78 is 0. The first-order chi connectivity index (χ1) is 12.4. The quantitative estimate of drug-likeness (QED) is 0.876. The Hall–Kier alpha value is -2.86. The summed E-state index contributed by atoms with van der Waals surface area (Å²) in [5.74, 6) is -0.115. The van der Waals surface area contributed by atoms with Gasteiger partial charge in [-0.2, -0.15) is 0 Å². The fraction of sp³-hybridized carbons (Fsp3) is 0.300. The Kier molecular flexibility index (Phi) is 4.95. The summed E-state index contributed by atoms with van der Waals surface area (Å²) in [6.07, 6.45) is 0. The van der Waals surface area contributed by atoms with Crippen molar-refractivity contribution in [2.24, 2.45) is 5.73 Å². The summed E-state index contributed by atoms with van der Waals surface area (Å²) in [6, 6.07) is 15.5. The number of benzene rings is 2. The molecule has 6 heteroatoms. The highest BCUT2D eigenvalue weighted by molar-refractivity contribution is 5.94. The first-order valence-electron chi connectivity index (χ1n) is 8.61. The van der Waals surface area contributed by atoms with E-state index in [1.807, 2.05) is 30.3 Å². The van der Waals surface area contributed by atoms with E-state index >= 15 is 0 Å². The second-order valence-corrected chi connectivity index (χ2v) is 6.70. The third kappa shape index (κ3) is 3.55. The predicted molar refractivity (Wildman–Crippen MR) is 98.6 cm³/mol. The first-order valence-corrected chi connectivity index (χ1v) is 8.61. The maximum Gasteiger partial charge on any atom is 0.253 e. The summed E-state index contributed by atoms with van der Waals surface area (Å²) in [7, 11) is 0. The van der Waals surface area contributed by atoms with Crippen molar-refractivity contribution in [3.63, 3.8) is 0 Å². The van der Waals surface area contributed by atoms with Gasteiger partial charge in [0.15, 0.2) is 0 Å². The number of phenols is 1. The Morgan fingerprint density at radius 2 is 1.46 bits per heavy atom. The molecule has 0 radical (unpaired) electrons.